The maximum atomic E-state index is 13.8. The molecule has 1 saturated carbocycles. The molecule has 2 fully saturated rings. The summed E-state index contributed by atoms with van der Waals surface area (Å²) in [7, 11) is 1.50. The van der Waals surface area contributed by atoms with Gasteiger partial charge in [0.1, 0.15) is 11.5 Å². The molecule has 1 saturated heterocycles. The van der Waals surface area contributed by atoms with Crippen molar-refractivity contribution in [3.8, 4) is 11.5 Å². The molecule has 0 unspecified atom stereocenters. The minimum Gasteiger partial charge on any atom is -0.508 e. The van der Waals surface area contributed by atoms with Crippen molar-refractivity contribution in [2.45, 2.75) is 46.0 Å². The van der Waals surface area contributed by atoms with Crippen molar-refractivity contribution >= 4 is 23.4 Å². The number of ether oxygens (including phenoxy) is 1. The summed E-state index contributed by atoms with van der Waals surface area (Å²) < 4.78 is 5.62. The minimum absolute atomic E-state index is 0.0214. The zero-order chi connectivity index (χ0) is 25.2. The van der Waals surface area contributed by atoms with Gasteiger partial charge in [0.15, 0.2) is 11.6 Å². The Kier molecular flexibility index (Phi) is 5.49. The van der Waals surface area contributed by atoms with Crippen LogP contribution in [0.5, 0.6) is 11.5 Å². The molecule has 1 aromatic carbocycles. The van der Waals surface area contributed by atoms with Crippen LogP contribution >= 0.6 is 0 Å². The van der Waals surface area contributed by atoms with Crippen LogP contribution in [0.4, 0.5) is 0 Å². The number of carbonyl (C=O) groups excluding carboxylic acids is 4. The number of imide groups is 1. The minimum atomic E-state index is -1.15. The van der Waals surface area contributed by atoms with Gasteiger partial charge in [-0.15, -0.1) is 0 Å². The van der Waals surface area contributed by atoms with Crippen molar-refractivity contribution in [1.29, 1.82) is 0 Å². The monoisotopic (exact) mass is 477 g/mol. The van der Waals surface area contributed by atoms with Crippen LogP contribution in [0.2, 0.25) is 0 Å². The van der Waals surface area contributed by atoms with Crippen molar-refractivity contribution in [1.82, 2.24) is 4.90 Å². The van der Waals surface area contributed by atoms with E-state index in [1.807, 2.05) is 13.0 Å². The average molecular weight is 478 g/mol. The van der Waals surface area contributed by atoms with E-state index in [1.54, 1.807) is 32.0 Å². The number of likely N-dealkylation sites (tertiary alicyclic amines) is 1. The fourth-order valence-corrected chi connectivity index (χ4v) is 7.21. The quantitative estimate of drug-likeness (QED) is 0.526. The van der Waals surface area contributed by atoms with E-state index in [1.165, 1.54) is 18.1 Å². The molecule has 5 rings (SSSR count). The molecule has 2 amide bonds. The average Bonchev–Trinajstić information content (AvgIpc) is 3.07. The maximum absolute atomic E-state index is 13.8. The third-order valence-corrected chi connectivity index (χ3v) is 8.73. The van der Waals surface area contributed by atoms with Gasteiger partial charge in [0, 0.05) is 23.9 Å². The summed E-state index contributed by atoms with van der Waals surface area (Å²) in [5.41, 5.74) is 0.545. The fraction of sp³-hybridized carbons (Fsp3) is 0.500. The number of rotatable bonds is 4. The lowest BCUT2D eigenvalue weighted by molar-refractivity contribution is -0.142. The van der Waals surface area contributed by atoms with E-state index < -0.39 is 29.1 Å². The van der Waals surface area contributed by atoms with Crippen molar-refractivity contribution in [2.75, 3.05) is 13.7 Å². The molecule has 0 bridgehead atoms. The summed E-state index contributed by atoms with van der Waals surface area (Å²) in [6.07, 6.45) is 4.79. The number of carbonyl (C=O) groups is 4. The number of methoxy groups -OCH3 is 1. The molecule has 7 nitrogen and oxygen atoms in total. The lowest BCUT2D eigenvalue weighted by Gasteiger charge is -2.53. The predicted molar refractivity (Wildman–Crippen MR) is 128 cm³/mol. The highest BCUT2D eigenvalue weighted by Gasteiger charge is 2.63. The van der Waals surface area contributed by atoms with Crippen LogP contribution in [-0.2, 0) is 19.2 Å². The second-order valence-electron chi connectivity index (χ2n) is 10.5. The summed E-state index contributed by atoms with van der Waals surface area (Å²) in [5, 5.41) is 11.0. The van der Waals surface area contributed by atoms with Gasteiger partial charge in [0.25, 0.3) is 0 Å². The number of amides is 2. The summed E-state index contributed by atoms with van der Waals surface area (Å²) in [6.45, 7) is 5.77. The molecule has 1 aromatic rings. The van der Waals surface area contributed by atoms with Crippen LogP contribution in [-0.4, -0.2) is 47.0 Å². The molecule has 184 valence electrons. The molecule has 3 aliphatic carbocycles. The van der Waals surface area contributed by atoms with Crippen molar-refractivity contribution < 1.29 is 29.0 Å². The second kappa shape index (κ2) is 8.18. The SMILES string of the molecule is CCCN1C(=O)[C@H]2[C@H](CC=C3[C@H]2C[C@H]2C(=O)C=C(C)C(=O)[C@@]2(C)[C@H]3c2c(O)cccc2OC)C1=O. The largest absolute Gasteiger partial charge is 0.508 e. The van der Waals surface area contributed by atoms with E-state index in [2.05, 4.69) is 0 Å². The molecule has 1 aliphatic heterocycles. The number of hydrogen-bond acceptors (Lipinski definition) is 6. The molecule has 1 heterocycles. The zero-order valence-electron chi connectivity index (χ0n) is 20.5. The molecule has 1 N–H and O–H groups in total. The molecular formula is C28H31NO6. The number of ketones is 2. The van der Waals surface area contributed by atoms with Gasteiger partial charge in [-0.2, -0.15) is 0 Å². The third-order valence-electron chi connectivity index (χ3n) is 8.73. The highest BCUT2D eigenvalue weighted by molar-refractivity contribution is 6.13. The van der Waals surface area contributed by atoms with E-state index in [9.17, 15) is 24.3 Å². The molecular weight excluding hydrogens is 446 g/mol. The molecule has 35 heavy (non-hydrogen) atoms. The molecule has 0 spiro atoms. The molecule has 0 radical (unpaired) electrons. The maximum Gasteiger partial charge on any atom is 0.233 e. The molecule has 6 atom stereocenters. The van der Waals surface area contributed by atoms with Gasteiger partial charge in [-0.1, -0.05) is 31.6 Å². The highest BCUT2D eigenvalue weighted by atomic mass is 16.5. The Hall–Kier alpha value is -3.22. The highest BCUT2D eigenvalue weighted by Crippen LogP contribution is 2.64. The lowest BCUT2D eigenvalue weighted by Crippen LogP contribution is -2.54. The van der Waals surface area contributed by atoms with E-state index in [0.717, 1.165) is 5.57 Å². The number of allylic oxidation sites excluding steroid dienone is 4. The van der Waals surface area contributed by atoms with E-state index in [0.29, 0.717) is 42.7 Å². The van der Waals surface area contributed by atoms with Crippen LogP contribution in [0, 0.1) is 29.1 Å². The molecule has 0 aromatic heterocycles. The normalized spacial score (nSPS) is 34.2. The van der Waals surface area contributed by atoms with Gasteiger partial charge in [-0.25, -0.2) is 0 Å². The van der Waals surface area contributed by atoms with Crippen LogP contribution in [0.15, 0.2) is 41.5 Å². The number of Topliss-reactive ketones (excluding diaryl/α,β-unsaturated/α-hetero) is 1. The van der Waals surface area contributed by atoms with E-state index in [4.69, 9.17) is 4.74 Å². The van der Waals surface area contributed by atoms with E-state index >= 15 is 0 Å². The summed E-state index contributed by atoms with van der Waals surface area (Å²) >= 11 is 0. The first-order chi connectivity index (χ1) is 16.7. The Labute approximate surface area is 204 Å². The Balaban J connectivity index is 1.74. The Morgan fingerprint density at radius 3 is 2.57 bits per heavy atom. The van der Waals surface area contributed by atoms with Gasteiger partial charge < -0.3 is 9.84 Å². The summed E-state index contributed by atoms with van der Waals surface area (Å²) in [5.74, 6) is -2.94. The number of phenolic OH excluding ortho intramolecular Hbond substituents is 1. The van der Waals surface area contributed by atoms with Gasteiger partial charge in [0.2, 0.25) is 11.8 Å². The van der Waals surface area contributed by atoms with Crippen molar-refractivity contribution in [3.05, 3.63) is 47.1 Å². The predicted octanol–water partition coefficient (Wildman–Crippen LogP) is 3.57. The van der Waals surface area contributed by atoms with Crippen LogP contribution in [0.1, 0.15) is 51.5 Å². The van der Waals surface area contributed by atoms with E-state index in [-0.39, 0.29) is 35.0 Å². The first kappa shape index (κ1) is 23.5. The summed E-state index contributed by atoms with van der Waals surface area (Å²) in [6, 6.07) is 4.95. The Bertz CT molecular complexity index is 1210. The molecule has 7 heteroatoms. The smallest absolute Gasteiger partial charge is 0.233 e. The number of phenols is 1. The molecule has 4 aliphatic rings. The van der Waals surface area contributed by atoms with Crippen LogP contribution in [0.3, 0.4) is 0 Å². The Morgan fingerprint density at radius 2 is 1.89 bits per heavy atom. The lowest BCUT2D eigenvalue weighted by atomic mass is 9.47. The fourth-order valence-electron chi connectivity index (χ4n) is 7.21. The summed E-state index contributed by atoms with van der Waals surface area (Å²) in [4.78, 5) is 55.1. The van der Waals surface area contributed by atoms with Gasteiger partial charge >= 0.3 is 0 Å². The van der Waals surface area contributed by atoms with Gasteiger partial charge in [-0.05, 0) is 55.9 Å². The number of benzene rings is 1. The van der Waals surface area contributed by atoms with Crippen molar-refractivity contribution in [2.24, 2.45) is 29.1 Å². The zero-order valence-corrected chi connectivity index (χ0v) is 20.5. The van der Waals surface area contributed by atoms with Gasteiger partial charge in [0.05, 0.1) is 24.4 Å². The number of fused-ring (bicyclic) bond motifs is 4. The first-order valence-corrected chi connectivity index (χ1v) is 12.3. The first-order valence-electron chi connectivity index (χ1n) is 12.3. The van der Waals surface area contributed by atoms with Gasteiger partial charge in [-0.3, -0.25) is 24.1 Å². The van der Waals surface area contributed by atoms with Crippen LogP contribution < -0.4 is 4.74 Å². The number of nitrogens with zero attached hydrogens (tertiary/aromatic N) is 1. The second-order valence-corrected chi connectivity index (χ2v) is 10.5. The Morgan fingerprint density at radius 1 is 1.14 bits per heavy atom. The number of hydrogen-bond donors (Lipinski definition) is 1. The van der Waals surface area contributed by atoms with Crippen LogP contribution in [0.25, 0.3) is 0 Å². The third kappa shape index (κ3) is 3.09. The van der Waals surface area contributed by atoms with Crippen molar-refractivity contribution in [3.63, 3.8) is 0 Å². The number of aromatic hydroxyl groups is 1. The topological polar surface area (TPSA) is 101 Å². The standard InChI is InChI=1S/C28H31NO6/c1-5-11-29-26(33)16-10-9-15-17(22(16)27(29)34)13-18-20(31)12-14(2)25(32)28(18,3)24(15)23-19(30)7-6-8-21(23)35-4/h6-9,12,16-18,22,24,30H,5,10-11,13H2,1-4H3/t16-,17+,18-,22-,24+,28+/m0/s1.